The van der Waals surface area contributed by atoms with E-state index in [9.17, 15) is 9.59 Å². The zero-order chi connectivity index (χ0) is 15.7. The highest BCUT2D eigenvalue weighted by Gasteiger charge is 2.40. The molecule has 0 bridgehead atoms. The second-order valence-corrected chi connectivity index (χ2v) is 6.34. The van der Waals surface area contributed by atoms with Gasteiger partial charge in [-0.2, -0.15) is 0 Å². The largest absolute Gasteiger partial charge is 0.365 e. The monoisotopic (exact) mass is 312 g/mol. The van der Waals surface area contributed by atoms with Crippen molar-refractivity contribution in [3.05, 3.63) is 59.7 Å². The van der Waals surface area contributed by atoms with E-state index in [0.29, 0.717) is 5.69 Å². The first-order valence-corrected chi connectivity index (χ1v) is 7.87. The lowest BCUT2D eigenvalue weighted by Gasteiger charge is -2.15. The normalized spacial score (nSPS) is 17.9. The Bertz CT molecular complexity index is 710. The number of nitrogens with one attached hydrogen (secondary N) is 1. The van der Waals surface area contributed by atoms with Gasteiger partial charge in [-0.25, -0.2) is 4.90 Å². The first-order valence-electron chi connectivity index (χ1n) is 6.99. The maximum atomic E-state index is 12.5. The van der Waals surface area contributed by atoms with Crippen molar-refractivity contribution < 1.29 is 9.59 Å². The summed E-state index contributed by atoms with van der Waals surface area (Å²) in [5.74, 6) is -0.237. The minimum Gasteiger partial charge on any atom is -0.365 e. The second-order valence-electron chi connectivity index (χ2n) is 5.28. The summed E-state index contributed by atoms with van der Waals surface area (Å²) in [6.07, 6.45) is 0. The van der Waals surface area contributed by atoms with E-state index in [0.717, 1.165) is 28.6 Å². The molecule has 3 rings (SSSR count). The number of imide groups is 1. The average molecular weight is 312 g/mol. The maximum Gasteiger partial charge on any atom is 0.295 e. The summed E-state index contributed by atoms with van der Waals surface area (Å²) in [5, 5.41) is 2.27. The lowest BCUT2D eigenvalue weighted by atomic mass is 10.2. The first kappa shape index (κ1) is 14.7. The van der Waals surface area contributed by atoms with Crippen molar-refractivity contribution >= 4 is 34.3 Å². The number of anilines is 2. The molecule has 2 aromatic rings. The van der Waals surface area contributed by atoms with Crippen LogP contribution in [0.15, 0.2) is 48.5 Å². The minimum absolute atomic E-state index is 0.237. The number of benzene rings is 2. The Morgan fingerprint density at radius 3 is 2.05 bits per heavy atom. The molecule has 22 heavy (non-hydrogen) atoms. The Balaban J connectivity index is 1.79. The van der Waals surface area contributed by atoms with E-state index in [-0.39, 0.29) is 11.1 Å². The number of aryl methyl sites for hydroxylation is 2. The van der Waals surface area contributed by atoms with Gasteiger partial charge in [0.15, 0.2) is 5.37 Å². The molecule has 0 spiro atoms. The highest BCUT2D eigenvalue weighted by Crippen LogP contribution is 2.32. The summed E-state index contributed by atoms with van der Waals surface area (Å²) >= 11 is 1.01. The summed E-state index contributed by atoms with van der Waals surface area (Å²) in [7, 11) is 0. The molecule has 1 fully saturated rings. The Kier molecular flexibility index (Phi) is 3.90. The summed E-state index contributed by atoms with van der Waals surface area (Å²) in [4.78, 5) is 25.9. The zero-order valence-corrected chi connectivity index (χ0v) is 13.2. The Morgan fingerprint density at radius 1 is 0.909 bits per heavy atom. The van der Waals surface area contributed by atoms with Crippen LogP contribution in [0, 0.1) is 13.8 Å². The second kappa shape index (κ2) is 5.85. The lowest BCUT2D eigenvalue weighted by molar-refractivity contribution is -0.116. The van der Waals surface area contributed by atoms with Gasteiger partial charge in [0.2, 0.25) is 0 Å². The summed E-state index contributed by atoms with van der Waals surface area (Å²) in [6, 6.07) is 15.1. The van der Waals surface area contributed by atoms with Crippen LogP contribution in [0.2, 0.25) is 0 Å². The van der Waals surface area contributed by atoms with Crippen LogP contribution >= 0.6 is 11.8 Å². The number of amides is 2. The third-order valence-corrected chi connectivity index (χ3v) is 4.43. The van der Waals surface area contributed by atoms with Gasteiger partial charge in [-0.15, -0.1) is 0 Å². The van der Waals surface area contributed by atoms with E-state index in [2.05, 4.69) is 5.32 Å². The van der Waals surface area contributed by atoms with E-state index >= 15 is 0 Å². The summed E-state index contributed by atoms with van der Waals surface area (Å²) in [5.41, 5.74) is 3.68. The third kappa shape index (κ3) is 2.85. The zero-order valence-electron chi connectivity index (χ0n) is 12.4. The fourth-order valence-electron chi connectivity index (χ4n) is 2.23. The topological polar surface area (TPSA) is 49.4 Å². The fourth-order valence-corrected chi connectivity index (χ4v) is 3.13. The molecule has 1 aliphatic rings. The first-order chi connectivity index (χ1) is 10.5. The van der Waals surface area contributed by atoms with Gasteiger partial charge in [0.25, 0.3) is 11.1 Å². The predicted molar refractivity (Wildman–Crippen MR) is 90.2 cm³/mol. The maximum absolute atomic E-state index is 12.5. The number of thioether (sulfide) groups is 1. The molecule has 2 aromatic carbocycles. The van der Waals surface area contributed by atoms with Gasteiger partial charge < -0.3 is 5.32 Å². The smallest absolute Gasteiger partial charge is 0.295 e. The molecule has 1 aliphatic heterocycles. The molecule has 1 heterocycles. The van der Waals surface area contributed by atoms with E-state index in [4.69, 9.17) is 0 Å². The molecule has 1 atom stereocenters. The molecule has 4 nitrogen and oxygen atoms in total. The predicted octanol–water partition coefficient (Wildman–Crippen LogP) is 3.94. The van der Waals surface area contributed by atoms with Crippen molar-refractivity contribution in [3.63, 3.8) is 0 Å². The Labute approximate surface area is 133 Å². The van der Waals surface area contributed by atoms with Crippen LogP contribution in [0.5, 0.6) is 0 Å². The molecule has 5 heteroatoms. The van der Waals surface area contributed by atoms with Gasteiger partial charge in [0.1, 0.15) is 0 Å². The van der Waals surface area contributed by atoms with Crippen LogP contribution in [-0.4, -0.2) is 16.5 Å². The van der Waals surface area contributed by atoms with Crippen LogP contribution < -0.4 is 10.2 Å². The van der Waals surface area contributed by atoms with Crippen molar-refractivity contribution in [2.24, 2.45) is 0 Å². The van der Waals surface area contributed by atoms with Gasteiger partial charge in [-0.1, -0.05) is 35.4 Å². The van der Waals surface area contributed by atoms with Crippen molar-refractivity contribution in [2.45, 2.75) is 19.2 Å². The van der Waals surface area contributed by atoms with E-state index in [1.165, 1.54) is 4.90 Å². The molecule has 1 saturated heterocycles. The fraction of sp³-hybridized carbons (Fsp3) is 0.176. The molecule has 112 valence electrons. The van der Waals surface area contributed by atoms with Crippen LogP contribution in [0.1, 0.15) is 11.1 Å². The van der Waals surface area contributed by atoms with Crippen LogP contribution in [0.4, 0.5) is 16.2 Å². The average Bonchev–Trinajstić information content (AvgIpc) is 2.77. The molecular formula is C17H16N2O2S. The van der Waals surface area contributed by atoms with Crippen LogP contribution in [0.3, 0.4) is 0 Å². The standard InChI is InChI=1S/C17H16N2O2S/c1-11-3-7-13(8-4-11)18-15-16(20)19(17(21)22-15)14-9-5-12(2)6-10-14/h3-10,15,18H,1-2H3/t15-/m1/s1. The molecule has 0 saturated carbocycles. The molecule has 1 N–H and O–H groups in total. The van der Waals surface area contributed by atoms with Gasteiger partial charge >= 0.3 is 0 Å². The Morgan fingerprint density at radius 2 is 1.45 bits per heavy atom. The minimum atomic E-state index is -0.587. The van der Waals surface area contributed by atoms with Gasteiger partial charge in [0.05, 0.1) is 5.69 Å². The lowest BCUT2D eigenvalue weighted by Crippen LogP contribution is -2.34. The molecule has 0 radical (unpaired) electrons. The van der Waals surface area contributed by atoms with Crippen molar-refractivity contribution in [1.29, 1.82) is 0 Å². The van der Waals surface area contributed by atoms with Gasteiger partial charge in [0, 0.05) is 5.69 Å². The molecule has 2 amide bonds. The van der Waals surface area contributed by atoms with Crippen molar-refractivity contribution in [2.75, 3.05) is 10.2 Å². The van der Waals surface area contributed by atoms with Gasteiger partial charge in [-0.05, 0) is 49.9 Å². The summed E-state index contributed by atoms with van der Waals surface area (Å²) < 4.78 is 0. The van der Waals surface area contributed by atoms with E-state index in [1.54, 1.807) is 12.1 Å². The number of rotatable bonds is 3. The van der Waals surface area contributed by atoms with E-state index in [1.807, 2.05) is 50.2 Å². The van der Waals surface area contributed by atoms with Crippen molar-refractivity contribution in [3.8, 4) is 0 Å². The molecular weight excluding hydrogens is 296 g/mol. The summed E-state index contributed by atoms with van der Waals surface area (Å²) in [6.45, 7) is 3.97. The van der Waals surface area contributed by atoms with Crippen LogP contribution in [0.25, 0.3) is 0 Å². The Hall–Kier alpha value is -2.27. The van der Waals surface area contributed by atoms with Crippen molar-refractivity contribution in [1.82, 2.24) is 0 Å². The highest BCUT2D eigenvalue weighted by molar-refractivity contribution is 8.16. The van der Waals surface area contributed by atoms with Crippen LogP contribution in [-0.2, 0) is 4.79 Å². The molecule has 0 aromatic heterocycles. The third-order valence-electron chi connectivity index (χ3n) is 3.49. The number of carbonyl (C=O) groups excluding carboxylic acids is 2. The van der Waals surface area contributed by atoms with Gasteiger partial charge in [-0.3, -0.25) is 9.59 Å². The molecule has 0 unspecified atom stereocenters. The highest BCUT2D eigenvalue weighted by atomic mass is 32.2. The number of hydrogen-bond acceptors (Lipinski definition) is 4. The number of hydrogen-bond donors (Lipinski definition) is 1. The molecule has 0 aliphatic carbocycles. The number of carbonyl (C=O) groups is 2. The number of nitrogens with zero attached hydrogens (tertiary/aromatic N) is 1. The van der Waals surface area contributed by atoms with E-state index < -0.39 is 5.37 Å². The quantitative estimate of drug-likeness (QED) is 0.932. The SMILES string of the molecule is Cc1ccc(N[C@@H]2SC(=O)N(c3ccc(C)cc3)C2=O)cc1.